The molecule has 0 spiro atoms. The third kappa shape index (κ3) is 2.49. The molecule has 1 aromatic rings. The van der Waals surface area contributed by atoms with Crippen LogP contribution in [0.3, 0.4) is 0 Å². The molecule has 1 saturated heterocycles. The quantitative estimate of drug-likeness (QED) is 0.824. The summed E-state index contributed by atoms with van der Waals surface area (Å²) >= 11 is 3.50. The number of rotatable bonds is 2. The van der Waals surface area contributed by atoms with Crippen molar-refractivity contribution in [2.75, 3.05) is 20.1 Å². The van der Waals surface area contributed by atoms with Crippen LogP contribution >= 0.6 is 15.9 Å². The molecule has 15 heavy (non-hydrogen) atoms. The summed E-state index contributed by atoms with van der Waals surface area (Å²) in [5.41, 5.74) is 1.16. The predicted octanol–water partition coefficient (Wildman–Crippen LogP) is 2.24. The first-order valence-corrected chi connectivity index (χ1v) is 5.92. The van der Waals surface area contributed by atoms with Crippen LogP contribution in [0.2, 0.25) is 0 Å². The molecule has 3 nitrogen and oxygen atoms in total. The fraction of sp³-hybridized carbons (Fsp3) is 0.545. The van der Waals surface area contributed by atoms with Crippen LogP contribution in [0.25, 0.3) is 0 Å². The highest BCUT2D eigenvalue weighted by Gasteiger charge is 2.22. The van der Waals surface area contributed by atoms with Gasteiger partial charge in [-0.1, -0.05) is 0 Å². The average molecular weight is 271 g/mol. The van der Waals surface area contributed by atoms with Gasteiger partial charge in [-0.25, -0.2) is 4.98 Å². The Morgan fingerprint density at radius 2 is 2.40 bits per heavy atom. The monoisotopic (exact) mass is 270 g/mol. The Bertz CT molecular complexity index is 356. The SMILES string of the molecule is Cc1ccnc(OC2CCN(C)C2)c1Br. The molecule has 0 amide bonds. The van der Waals surface area contributed by atoms with Crippen molar-refractivity contribution < 1.29 is 4.74 Å². The van der Waals surface area contributed by atoms with Crippen LogP contribution in [0.5, 0.6) is 5.88 Å². The molecule has 2 rings (SSSR count). The van der Waals surface area contributed by atoms with Crippen molar-refractivity contribution in [2.45, 2.75) is 19.4 Å². The molecule has 1 aromatic heterocycles. The van der Waals surface area contributed by atoms with Gasteiger partial charge in [-0.05, 0) is 48.0 Å². The van der Waals surface area contributed by atoms with E-state index < -0.39 is 0 Å². The minimum atomic E-state index is 0.278. The fourth-order valence-electron chi connectivity index (χ4n) is 1.75. The van der Waals surface area contributed by atoms with Gasteiger partial charge in [0.2, 0.25) is 5.88 Å². The normalized spacial score (nSPS) is 21.9. The molecule has 1 fully saturated rings. The fourth-order valence-corrected chi connectivity index (χ4v) is 2.07. The second-order valence-electron chi connectivity index (χ2n) is 4.04. The van der Waals surface area contributed by atoms with E-state index in [-0.39, 0.29) is 6.10 Å². The smallest absolute Gasteiger partial charge is 0.228 e. The number of aromatic nitrogens is 1. The minimum Gasteiger partial charge on any atom is -0.472 e. The highest BCUT2D eigenvalue weighted by molar-refractivity contribution is 9.10. The Balaban J connectivity index is 2.07. The van der Waals surface area contributed by atoms with Gasteiger partial charge in [-0.2, -0.15) is 0 Å². The molecule has 0 aliphatic carbocycles. The lowest BCUT2D eigenvalue weighted by Crippen LogP contribution is -2.22. The topological polar surface area (TPSA) is 25.4 Å². The summed E-state index contributed by atoms with van der Waals surface area (Å²) in [5.74, 6) is 0.718. The van der Waals surface area contributed by atoms with Gasteiger partial charge in [-0.15, -0.1) is 0 Å². The first-order valence-electron chi connectivity index (χ1n) is 5.13. The molecule has 2 heterocycles. The number of hydrogen-bond donors (Lipinski definition) is 0. The molecular weight excluding hydrogens is 256 g/mol. The van der Waals surface area contributed by atoms with Gasteiger partial charge in [0.1, 0.15) is 6.10 Å². The third-order valence-corrected chi connectivity index (χ3v) is 3.64. The molecule has 0 N–H and O–H groups in total. The van der Waals surface area contributed by atoms with Crippen molar-refractivity contribution in [3.63, 3.8) is 0 Å². The van der Waals surface area contributed by atoms with E-state index in [1.807, 2.05) is 13.0 Å². The molecule has 1 atom stereocenters. The lowest BCUT2D eigenvalue weighted by atomic mass is 10.3. The van der Waals surface area contributed by atoms with E-state index in [1.165, 1.54) is 0 Å². The number of hydrogen-bond acceptors (Lipinski definition) is 3. The number of halogens is 1. The highest BCUT2D eigenvalue weighted by atomic mass is 79.9. The largest absolute Gasteiger partial charge is 0.472 e. The van der Waals surface area contributed by atoms with Crippen molar-refractivity contribution in [3.8, 4) is 5.88 Å². The molecular formula is C11H15BrN2O. The molecule has 1 aliphatic rings. The molecule has 0 aromatic carbocycles. The van der Waals surface area contributed by atoms with Gasteiger partial charge >= 0.3 is 0 Å². The number of ether oxygens (including phenoxy) is 1. The number of aryl methyl sites for hydroxylation is 1. The Labute approximate surface area is 98.6 Å². The van der Waals surface area contributed by atoms with Crippen LogP contribution in [-0.4, -0.2) is 36.1 Å². The third-order valence-electron chi connectivity index (χ3n) is 2.68. The van der Waals surface area contributed by atoms with Crippen molar-refractivity contribution in [3.05, 3.63) is 22.3 Å². The number of likely N-dealkylation sites (tertiary alicyclic amines) is 1. The molecule has 4 heteroatoms. The zero-order valence-corrected chi connectivity index (χ0v) is 10.6. The molecule has 0 saturated carbocycles. The van der Waals surface area contributed by atoms with E-state index in [0.717, 1.165) is 35.4 Å². The minimum absolute atomic E-state index is 0.278. The van der Waals surface area contributed by atoms with Crippen LogP contribution in [0.1, 0.15) is 12.0 Å². The maximum absolute atomic E-state index is 5.86. The van der Waals surface area contributed by atoms with Crippen molar-refractivity contribution in [1.29, 1.82) is 0 Å². The second-order valence-corrected chi connectivity index (χ2v) is 4.83. The van der Waals surface area contributed by atoms with Crippen LogP contribution in [-0.2, 0) is 0 Å². The van der Waals surface area contributed by atoms with E-state index in [1.54, 1.807) is 6.20 Å². The number of pyridine rings is 1. The first-order chi connectivity index (χ1) is 7.16. The Morgan fingerprint density at radius 3 is 3.07 bits per heavy atom. The molecule has 0 radical (unpaired) electrons. The lowest BCUT2D eigenvalue weighted by molar-refractivity contribution is 0.198. The average Bonchev–Trinajstić information content (AvgIpc) is 2.59. The second kappa shape index (κ2) is 4.49. The van der Waals surface area contributed by atoms with Gasteiger partial charge < -0.3 is 9.64 Å². The summed E-state index contributed by atoms with van der Waals surface area (Å²) in [6.45, 7) is 4.13. The van der Waals surface area contributed by atoms with Crippen molar-refractivity contribution in [1.82, 2.24) is 9.88 Å². The Hall–Kier alpha value is -0.610. The van der Waals surface area contributed by atoms with Crippen molar-refractivity contribution >= 4 is 15.9 Å². The summed E-state index contributed by atoms with van der Waals surface area (Å²) in [7, 11) is 2.11. The van der Waals surface area contributed by atoms with E-state index in [0.29, 0.717) is 0 Å². The van der Waals surface area contributed by atoms with Gasteiger partial charge in [0.25, 0.3) is 0 Å². The van der Waals surface area contributed by atoms with Crippen LogP contribution < -0.4 is 4.74 Å². The summed E-state index contributed by atoms with van der Waals surface area (Å²) in [4.78, 5) is 6.51. The zero-order chi connectivity index (χ0) is 10.8. The van der Waals surface area contributed by atoms with E-state index in [9.17, 15) is 0 Å². The van der Waals surface area contributed by atoms with Crippen molar-refractivity contribution in [2.24, 2.45) is 0 Å². The van der Waals surface area contributed by atoms with Crippen LogP contribution in [0, 0.1) is 6.92 Å². The predicted molar refractivity (Wildman–Crippen MR) is 63.2 cm³/mol. The summed E-state index contributed by atoms with van der Waals surface area (Å²) in [5, 5.41) is 0. The first kappa shape index (κ1) is 10.9. The molecule has 0 bridgehead atoms. The maximum atomic E-state index is 5.86. The van der Waals surface area contributed by atoms with Crippen LogP contribution in [0.15, 0.2) is 16.7 Å². The standard InChI is InChI=1S/C11H15BrN2O/c1-8-3-5-13-11(10(8)12)15-9-4-6-14(2)7-9/h3,5,9H,4,6-7H2,1-2H3. The Morgan fingerprint density at radius 1 is 1.60 bits per heavy atom. The zero-order valence-electron chi connectivity index (χ0n) is 9.03. The molecule has 1 aliphatic heterocycles. The number of likely N-dealkylation sites (N-methyl/N-ethyl adjacent to an activating group) is 1. The summed E-state index contributed by atoms with van der Waals surface area (Å²) in [6, 6.07) is 1.97. The van der Waals surface area contributed by atoms with Gasteiger partial charge in [-0.3, -0.25) is 0 Å². The molecule has 1 unspecified atom stereocenters. The highest BCUT2D eigenvalue weighted by Crippen LogP contribution is 2.27. The summed E-state index contributed by atoms with van der Waals surface area (Å²) < 4.78 is 6.83. The van der Waals surface area contributed by atoms with Crippen LogP contribution in [0.4, 0.5) is 0 Å². The lowest BCUT2D eigenvalue weighted by Gasteiger charge is -2.14. The number of nitrogens with zero attached hydrogens (tertiary/aromatic N) is 2. The van der Waals surface area contributed by atoms with Gasteiger partial charge in [0.05, 0.1) is 4.47 Å². The summed E-state index contributed by atoms with van der Waals surface area (Å²) in [6.07, 6.45) is 3.15. The van der Waals surface area contributed by atoms with Gasteiger partial charge in [0, 0.05) is 19.3 Å². The molecule has 82 valence electrons. The van der Waals surface area contributed by atoms with E-state index in [2.05, 4.69) is 32.9 Å². The van der Waals surface area contributed by atoms with E-state index >= 15 is 0 Å². The Kier molecular flexibility index (Phi) is 3.26. The van der Waals surface area contributed by atoms with E-state index in [4.69, 9.17) is 4.74 Å². The van der Waals surface area contributed by atoms with Gasteiger partial charge in [0.15, 0.2) is 0 Å². The maximum Gasteiger partial charge on any atom is 0.228 e.